The number of anilines is 1. The van der Waals surface area contributed by atoms with Crippen LogP contribution in [0.25, 0.3) is 10.9 Å². The van der Waals surface area contributed by atoms with Gasteiger partial charge in [0.2, 0.25) is 11.8 Å². The predicted molar refractivity (Wildman–Crippen MR) is 148 cm³/mol. The van der Waals surface area contributed by atoms with Crippen LogP contribution in [0.15, 0.2) is 48.5 Å². The molecule has 2 aromatic carbocycles. The number of aromatic nitrogens is 1. The van der Waals surface area contributed by atoms with Crippen molar-refractivity contribution in [3.05, 3.63) is 65.4 Å². The van der Waals surface area contributed by atoms with Crippen molar-refractivity contribution in [2.75, 3.05) is 31.1 Å². The number of carbonyl (C=O) groups is 3. The van der Waals surface area contributed by atoms with Crippen molar-refractivity contribution in [1.82, 2.24) is 15.2 Å². The van der Waals surface area contributed by atoms with Gasteiger partial charge in [0.05, 0.1) is 12.6 Å². The minimum Gasteiger partial charge on any atom is -0.477 e. The second-order valence-electron chi connectivity index (χ2n) is 11.0. The normalized spacial score (nSPS) is 15.7. The van der Waals surface area contributed by atoms with E-state index in [-0.39, 0.29) is 17.5 Å². The molecule has 38 heavy (non-hydrogen) atoms. The van der Waals surface area contributed by atoms with Crippen LogP contribution >= 0.6 is 0 Å². The quantitative estimate of drug-likeness (QED) is 0.344. The number of H-pyrrole nitrogens is 1. The third-order valence-electron chi connectivity index (χ3n) is 7.36. The van der Waals surface area contributed by atoms with Crippen LogP contribution in [-0.2, 0) is 21.4 Å². The summed E-state index contributed by atoms with van der Waals surface area (Å²) in [6.07, 6.45) is 0.384. The van der Waals surface area contributed by atoms with E-state index >= 15 is 0 Å². The Hall–Kier alpha value is -3.69. The third kappa shape index (κ3) is 6.06. The standard InChI is InChI=1S/C29H37N5O4/c1-18(2)33-11-12-34(26(35)16-33)22-8-5-19(6-9-22)13-23(30)27(36)31-17-29(3,4)21-7-10-24-20(14-21)15-25(32-24)28(37)38/h5-10,14-15,18,23,32H,11-13,16-17,30H2,1-4H3,(H,31,36)(H,37,38). The van der Waals surface area contributed by atoms with Crippen LogP contribution in [-0.4, -0.2) is 71.0 Å². The molecule has 1 unspecified atom stereocenters. The minimum absolute atomic E-state index is 0.0920. The van der Waals surface area contributed by atoms with E-state index in [1.807, 2.05) is 61.2 Å². The molecule has 0 bridgehead atoms. The van der Waals surface area contributed by atoms with E-state index in [1.165, 1.54) is 0 Å². The molecule has 0 spiro atoms. The number of piperazine rings is 1. The van der Waals surface area contributed by atoms with Crippen LogP contribution in [0.4, 0.5) is 5.69 Å². The molecule has 9 heteroatoms. The van der Waals surface area contributed by atoms with E-state index in [0.717, 1.165) is 34.3 Å². The molecule has 0 aliphatic carbocycles. The van der Waals surface area contributed by atoms with Gasteiger partial charge in [-0.3, -0.25) is 14.5 Å². The maximum Gasteiger partial charge on any atom is 0.352 e. The zero-order valence-electron chi connectivity index (χ0n) is 22.5. The summed E-state index contributed by atoms with van der Waals surface area (Å²) >= 11 is 0. The molecule has 2 heterocycles. The molecular weight excluding hydrogens is 482 g/mol. The zero-order chi connectivity index (χ0) is 27.6. The molecule has 1 atom stereocenters. The van der Waals surface area contributed by atoms with Gasteiger partial charge in [0.25, 0.3) is 0 Å². The summed E-state index contributed by atoms with van der Waals surface area (Å²) in [6.45, 7) is 10.5. The largest absolute Gasteiger partial charge is 0.477 e. The highest BCUT2D eigenvalue weighted by molar-refractivity contribution is 5.95. The Morgan fingerprint density at radius 2 is 1.82 bits per heavy atom. The van der Waals surface area contributed by atoms with Crippen molar-refractivity contribution in [2.45, 2.75) is 51.6 Å². The average molecular weight is 520 g/mol. The lowest BCUT2D eigenvalue weighted by atomic mass is 9.84. The molecule has 0 saturated carbocycles. The fourth-order valence-corrected chi connectivity index (χ4v) is 4.77. The smallest absolute Gasteiger partial charge is 0.352 e. The number of nitrogens with two attached hydrogens (primary N) is 1. The van der Waals surface area contributed by atoms with Gasteiger partial charge in [0.15, 0.2) is 0 Å². The van der Waals surface area contributed by atoms with E-state index in [9.17, 15) is 19.5 Å². The molecular formula is C29H37N5O4. The van der Waals surface area contributed by atoms with E-state index in [4.69, 9.17) is 5.73 Å². The summed E-state index contributed by atoms with van der Waals surface area (Å²) in [5.41, 5.74) is 9.49. The number of nitrogens with one attached hydrogen (secondary N) is 2. The Morgan fingerprint density at radius 1 is 1.11 bits per heavy atom. The first-order chi connectivity index (χ1) is 17.9. The van der Waals surface area contributed by atoms with E-state index < -0.39 is 17.4 Å². The van der Waals surface area contributed by atoms with Gasteiger partial charge >= 0.3 is 5.97 Å². The van der Waals surface area contributed by atoms with Crippen LogP contribution < -0.4 is 16.0 Å². The van der Waals surface area contributed by atoms with Gasteiger partial charge < -0.3 is 26.0 Å². The number of rotatable bonds is 9. The third-order valence-corrected chi connectivity index (χ3v) is 7.36. The molecule has 1 aliphatic heterocycles. The fraction of sp³-hybridized carbons (Fsp3) is 0.414. The first kappa shape index (κ1) is 27.3. The van der Waals surface area contributed by atoms with Crippen molar-refractivity contribution >= 4 is 34.4 Å². The topological polar surface area (TPSA) is 132 Å². The lowest BCUT2D eigenvalue weighted by molar-refractivity contribution is -0.123. The van der Waals surface area contributed by atoms with Gasteiger partial charge in [-0.15, -0.1) is 0 Å². The zero-order valence-corrected chi connectivity index (χ0v) is 22.5. The Bertz CT molecular complexity index is 1330. The van der Waals surface area contributed by atoms with Crippen LogP contribution in [0, 0.1) is 0 Å². The van der Waals surface area contributed by atoms with Gasteiger partial charge in [-0.2, -0.15) is 0 Å². The first-order valence-corrected chi connectivity index (χ1v) is 13.0. The van der Waals surface area contributed by atoms with Crippen molar-refractivity contribution in [3.8, 4) is 0 Å². The Balaban J connectivity index is 1.32. The number of hydrogen-bond donors (Lipinski definition) is 4. The second-order valence-corrected chi connectivity index (χ2v) is 11.0. The summed E-state index contributed by atoms with van der Waals surface area (Å²) in [5, 5.41) is 13.0. The molecule has 3 aromatic rings. The number of nitrogens with zero attached hydrogens (tertiary/aromatic N) is 2. The van der Waals surface area contributed by atoms with Gasteiger partial charge in [-0.05, 0) is 61.7 Å². The number of aromatic amines is 1. The van der Waals surface area contributed by atoms with Crippen molar-refractivity contribution < 1.29 is 19.5 Å². The van der Waals surface area contributed by atoms with Crippen LogP contribution in [0.1, 0.15) is 49.3 Å². The highest BCUT2D eigenvalue weighted by atomic mass is 16.4. The lowest BCUT2D eigenvalue weighted by Crippen LogP contribution is -2.52. The summed E-state index contributed by atoms with van der Waals surface area (Å²) in [5.74, 6) is -1.15. The van der Waals surface area contributed by atoms with Gasteiger partial charge in [-0.1, -0.05) is 32.0 Å². The Labute approximate surface area is 223 Å². The molecule has 1 saturated heterocycles. The number of aromatic carboxylic acids is 1. The monoisotopic (exact) mass is 519 g/mol. The summed E-state index contributed by atoms with van der Waals surface area (Å²) < 4.78 is 0. The number of carbonyl (C=O) groups excluding carboxylic acids is 2. The molecule has 0 radical (unpaired) electrons. The minimum atomic E-state index is -1.00. The molecule has 202 valence electrons. The molecule has 1 fully saturated rings. The molecule has 1 aliphatic rings. The SMILES string of the molecule is CC(C)N1CCN(c2ccc(CC(N)C(=O)NCC(C)(C)c3ccc4[nH]c(C(=O)O)cc4c3)cc2)C(=O)C1. The maximum atomic E-state index is 12.8. The number of benzene rings is 2. The van der Waals surface area contributed by atoms with Crippen molar-refractivity contribution in [2.24, 2.45) is 5.73 Å². The van der Waals surface area contributed by atoms with E-state index in [2.05, 4.69) is 29.0 Å². The fourth-order valence-electron chi connectivity index (χ4n) is 4.77. The number of carboxylic acids is 1. The highest BCUT2D eigenvalue weighted by Crippen LogP contribution is 2.27. The highest BCUT2D eigenvalue weighted by Gasteiger charge is 2.27. The molecule has 9 nitrogen and oxygen atoms in total. The number of amides is 2. The van der Waals surface area contributed by atoms with E-state index in [1.54, 1.807) is 6.07 Å². The van der Waals surface area contributed by atoms with Crippen molar-refractivity contribution in [1.29, 1.82) is 0 Å². The lowest BCUT2D eigenvalue weighted by Gasteiger charge is -2.36. The van der Waals surface area contributed by atoms with Gasteiger partial charge in [-0.25, -0.2) is 4.79 Å². The number of carboxylic acid groups (broad SMARTS) is 1. The Morgan fingerprint density at radius 3 is 2.45 bits per heavy atom. The number of fused-ring (bicyclic) bond motifs is 1. The Kier molecular flexibility index (Phi) is 7.89. The average Bonchev–Trinajstić information content (AvgIpc) is 3.32. The van der Waals surface area contributed by atoms with Gasteiger partial charge in [0, 0.05) is 47.7 Å². The second kappa shape index (κ2) is 11.0. The maximum absolute atomic E-state index is 12.8. The van der Waals surface area contributed by atoms with Crippen molar-refractivity contribution in [3.63, 3.8) is 0 Å². The summed E-state index contributed by atoms with van der Waals surface area (Å²) in [6, 6.07) is 14.7. The summed E-state index contributed by atoms with van der Waals surface area (Å²) in [7, 11) is 0. The predicted octanol–water partition coefficient (Wildman–Crippen LogP) is 2.89. The van der Waals surface area contributed by atoms with E-state index in [0.29, 0.717) is 32.1 Å². The molecule has 2 amide bonds. The van der Waals surface area contributed by atoms with Gasteiger partial charge in [0.1, 0.15) is 5.69 Å². The summed E-state index contributed by atoms with van der Waals surface area (Å²) in [4.78, 5) is 43.5. The molecule has 5 N–H and O–H groups in total. The molecule has 1 aromatic heterocycles. The first-order valence-electron chi connectivity index (χ1n) is 13.0. The number of hydrogen-bond acceptors (Lipinski definition) is 5. The van der Waals surface area contributed by atoms with Crippen LogP contribution in [0.5, 0.6) is 0 Å². The van der Waals surface area contributed by atoms with Crippen LogP contribution in [0.2, 0.25) is 0 Å². The van der Waals surface area contributed by atoms with Crippen LogP contribution in [0.3, 0.4) is 0 Å². The molecule has 4 rings (SSSR count).